The molecule has 0 saturated carbocycles. The van der Waals surface area contributed by atoms with Gasteiger partial charge in [0.1, 0.15) is 6.04 Å². The third kappa shape index (κ3) is 5.41. The summed E-state index contributed by atoms with van der Waals surface area (Å²) in [5.74, 6) is -0.0514. The first-order chi connectivity index (χ1) is 8.13. The summed E-state index contributed by atoms with van der Waals surface area (Å²) in [5, 5.41) is 3.11. The molecule has 5 nitrogen and oxygen atoms in total. The van der Waals surface area contributed by atoms with Crippen LogP contribution in [-0.4, -0.2) is 49.2 Å². The molecule has 0 aromatic carbocycles. The van der Waals surface area contributed by atoms with Crippen molar-refractivity contribution in [2.45, 2.75) is 31.1 Å². The van der Waals surface area contributed by atoms with Crippen LogP contribution in [0.5, 0.6) is 0 Å². The van der Waals surface area contributed by atoms with E-state index >= 15 is 0 Å². The Morgan fingerprint density at radius 1 is 1.47 bits per heavy atom. The Balaban J connectivity index is 2.36. The average Bonchev–Trinajstić information content (AvgIpc) is 2.34. The number of esters is 1. The van der Waals surface area contributed by atoms with Crippen LogP contribution in [0, 0.1) is 0 Å². The van der Waals surface area contributed by atoms with E-state index in [2.05, 4.69) is 10.1 Å². The minimum Gasteiger partial charge on any atom is -0.467 e. The number of thioether (sulfide) groups is 1. The van der Waals surface area contributed by atoms with Crippen molar-refractivity contribution in [1.82, 2.24) is 5.32 Å². The number of carbonyl (C=O) groups excluding carboxylic acids is 2. The number of amides is 1. The Labute approximate surface area is 106 Å². The van der Waals surface area contributed by atoms with Crippen LogP contribution in [0.4, 0.5) is 0 Å². The van der Waals surface area contributed by atoms with Crippen LogP contribution in [0.2, 0.25) is 0 Å². The van der Waals surface area contributed by atoms with Gasteiger partial charge >= 0.3 is 5.97 Å². The quantitative estimate of drug-likeness (QED) is 0.733. The minimum atomic E-state index is -0.551. The first-order valence-electron chi connectivity index (χ1n) is 5.67. The predicted molar refractivity (Wildman–Crippen MR) is 65.9 cm³/mol. The van der Waals surface area contributed by atoms with Gasteiger partial charge in [-0.1, -0.05) is 0 Å². The van der Waals surface area contributed by atoms with Crippen molar-refractivity contribution in [3.05, 3.63) is 0 Å². The lowest BCUT2D eigenvalue weighted by molar-refractivity contribution is -0.144. The summed E-state index contributed by atoms with van der Waals surface area (Å²) in [6.45, 7) is 2.95. The second-order valence-electron chi connectivity index (χ2n) is 3.92. The van der Waals surface area contributed by atoms with E-state index < -0.39 is 6.04 Å². The van der Waals surface area contributed by atoms with E-state index in [1.165, 1.54) is 14.0 Å². The Morgan fingerprint density at radius 2 is 2.12 bits per heavy atom. The van der Waals surface area contributed by atoms with Gasteiger partial charge in [0.2, 0.25) is 5.91 Å². The SMILES string of the molecule is COC(=O)C(CSC1CCOCC1)NC(C)=O. The number of nitrogens with one attached hydrogen (secondary N) is 1. The van der Waals surface area contributed by atoms with Crippen LogP contribution in [-0.2, 0) is 19.1 Å². The van der Waals surface area contributed by atoms with E-state index in [9.17, 15) is 9.59 Å². The number of hydrogen-bond donors (Lipinski definition) is 1. The van der Waals surface area contributed by atoms with E-state index in [1.807, 2.05) is 0 Å². The second-order valence-corrected chi connectivity index (χ2v) is 5.25. The van der Waals surface area contributed by atoms with Crippen LogP contribution in [0.1, 0.15) is 19.8 Å². The second kappa shape index (κ2) is 7.55. The Kier molecular flexibility index (Phi) is 6.36. The van der Waals surface area contributed by atoms with Crippen molar-refractivity contribution in [3.8, 4) is 0 Å². The van der Waals surface area contributed by atoms with Crippen LogP contribution in [0.25, 0.3) is 0 Å². The molecular formula is C11H19NO4S. The first-order valence-corrected chi connectivity index (χ1v) is 6.72. The lowest BCUT2D eigenvalue weighted by Gasteiger charge is -2.23. The molecule has 0 aromatic rings. The molecule has 1 aliphatic rings. The molecule has 0 spiro atoms. The molecule has 1 N–H and O–H groups in total. The van der Waals surface area contributed by atoms with Gasteiger partial charge in [-0.3, -0.25) is 4.79 Å². The van der Waals surface area contributed by atoms with Crippen molar-refractivity contribution in [2.75, 3.05) is 26.1 Å². The zero-order valence-corrected chi connectivity index (χ0v) is 11.0. The number of carbonyl (C=O) groups is 2. The standard InChI is InChI=1S/C11H19NO4S/c1-8(13)12-10(11(14)15-2)7-17-9-3-5-16-6-4-9/h9-10H,3-7H2,1-2H3,(H,12,13). The molecule has 0 bridgehead atoms. The molecule has 98 valence electrons. The molecule has 17 heavy (non-hydrogen) atoms. The maximum atomic E-state index is 11.4. The summed E-state index contributed by atoms with van der Waals surface area (Å²) >= 11 is 1.70. The number of ether oxygens (including phenoxy) is 2. The fraction of sp³-hybridized carbons (Fsp3) is 0.818. The molecule has 1 saturated heterocycles. The smallest absolute Gasteiger partial charge is 0.329 e. The zero-order chi connectivity index (χ0) is 12.7. The molecule has 1 unspecified atom stereocenters. The Bertz CT molecular complexity index is 266. The first kappa shape index (κ1) is 14.3. The maximum Gasteiger partial charge on any atom is 0.329 e. The van der Waals surface area contributed by atoms with Gasteiger partial charge in [0.05, 0.1) is 7.11 Å². The fourth-order valence-corrected chi connectivity index (χ4v) is 2.84. The van der Waals surface area contributed by atoms with Gasteiger partial charge in [0.25, 0.3) is 0 Å². The van der Waals surface area contributed by atoms with Gasteiger partial charge < -0.3 is 14.8 Å². The summed E-state index contributed by atoms with van der Waals surface area (Å²) in [6, 6.07) is -0.551. The highest BCUT2D eigenvalue weighted by Crippen LogP contribution is 2.22. The highest BCUT2D eigenvalue weighted by molar-refractivity contribution is 8.00. The van der Waals surface area contributed by atoms with Crippen molar-refractivity contribution >= 4 is 23.6 Å². The third-order valence-electron chi connectivity index (χ3n) is 2.53. The third-order valence-corrected chi connectivity index (χ3v) is 4.00. The van der Waals surface area contributed by atoms with Gasteiger partial charge in [-0.25, -0.2) is 4.79 Å². The highest BCUT2D eigenvalue weighted by Gasteiger charge is 2.23. The van der Waals surface area contributed by atoms with Crippen LogP contribution >= 0.6 is 11.8 Å². The van der Waals surface area contributed by atoms with E-state index in [1.54, 1.807) is 11.8 Å². The number of methoxy groups -OCH3 is 1. The summed E-state index contributed by atoms with van der Waals surface area (Å²) in [5.41, 5.74) is 0. The molecule has 1 fully saturated rings. The summed E-state index contributed by atoms with van der Waals surface area (Å²) < 4.78 is 9.93. The van der Waals surface area contributed by atoms with Crippen LogP contribution in [0.3, 0.4) is 0 Å². The summed E-state index contributed by atoms with van der Waals surface area (Å²) in [4.78, 5) is 22.4. The molecule has 0 aromatic heterocycles. The van der Waals surface area contributed by atoms with Gasteiger partial charge in [-0.15, -0.1) is 0 Å². The largest absolute Gasteiger partial charge is 0.467 e. The Hall–Kier alpha value is -0.750. The minimum absolute atomic E-state index is 0.215. The number of hydrogen-bond acceptors (Lipinski definition) is 5. The van der Waals surface area contributed by atoms with Gasteiger partial charge in [-0.2, -0.15) is 11.8 Å². The van der Waals surface area contributed by atoms with E-state index in [0.717, 1.165) is 26.1 Å². The van der Waals surface area contributed by atoms with Crippen LogP contribution in [0.15, 0.2) is 0 Å². The predicted octanol–water partition coefficient (Wildman–Crippen LogP) is 0.576. The zero-order valence-electron chi connectivity index (χ0n) is 10.2. The molecule has 1 heterocycles. The molecular weight excluding hydrogens is 242 g/mol. The van der Waals surface area contributed by atoms with Gasteiger partial charge in [0.15, 0.2) is 0 Å². The molecule has 1 amide bonds. The van der Waals surface area contributed by atoms with E-state index in [4.69, 9.17) is 4.74 Å². The molecule has 1 atom stereocenters. The molecule has 0 aliphatic carbocycles. The number of rotatable bonds is 5. The van der Waals surface area contributed by atoms with Crippen molar-refractivity contribution < 1.29 is 19.1 Å². The highest BCUT2D eigenvalue weighted by atomic mass is 32.2. The van der Waals surface area contributed by atoms with Gasteiger partial charge in [-0.05, 0) is 12.8 Å². The lowest BCUT2D eigenvalue weighted by Crippen LogP contribution is -2.42. The van der Waals surface area contributed by atoms with Crippen molar-refractivity contribution in [2.24, 2.45) is 0 Å². The topological polar surface area (TPSA) is 64.6 Å². The summed E-state index contributed by atoms with van der Waals surface area (Å²) in [6.07, 6.45) is 2.00. The monoisotopic (exact) mass is 261 g/mol. The van der Waals surface area contributed by atoms with E-state index in [0.29, 0.717) is 11.0 Å². The van der Waals surface area contributed by atoms with Crippen molar-refractivity contribution in [1.29, 1.82) is 0 Å². The van der Waals surface area contributed by atoms with E-state index in [-0.39, 0.29) is 11.9 Å². The van der Waals surface area contributed by atoms with Crippen LogP contribution < -0.4 is 5.32 Å². The molecule has 1 aliphatic heterocycles. The lowest BCUT2D eigenvalue weighted by atomic mass is 10.2. The maximum absolute atomic E-state index is 11.4. The summed E-state index contributed by atoms with van der Waals surface area (Å²) in [7, 11) is 1.33. The molecule has 6 heteroatoms. The Morgan fingerprint density at radius 3 is 2.65 bits per heavy atom. The normalized spacial score (nSPS) is 18.5. The molecule has 1 rings (SSSR count). The van der Waals surface area contributed by atoms with Gasteiger partial charge in [0, 0.05) is 31.1 Å². The molecule has 0 radical (unpaired) electrons. The van der Waals surface area contributed by atoms with Crippen molar-refractivity contribution in [3.63, 3.8) is 0 Å². The fourth-order valence-electron chi connectivity index (χ4n) is 1.63. The average molecular weight is 261 g/mol.